The maximum atomic E-state index is 12.4. The largest absolute Gasteiger partial charge is 0.497 e. The maximum absolute atomic E-state index is 12.4. The average Bonchev–Trinajstić information content (AvgIpc) is 3.30. The number of benzene rings is 3. The van der Waals surface area contributed by atoms with Crippen LogP contribution in [-0.4, -0.2) is 29.8 Å². The first-order valence-corrected chi connectivity index (χ1v) is 10.0. The van der Waals surface area contributed by atoms with Crippen LogP contribution < -0.4 is 10.1 Å². The molecule has 31 heavy (non-hydrogen) atoms. The number of aromatic nitrogens is 2. The number of aryl methyl sites for hydroxylation is 1. The number of carbonyl (C=O) groups excluding carboxylic acids is 1. The summed E-state index contributed by atoms with van der Waals surface area (Å²) < 4.78 is 10.9. The predicted molar refractivity (Wildman–Crippen MR) is 119 cm³/mol. The van der Waals surface area contributed by atoms with Gasteiger partial charge in [-0.1, -0.05) is 29.8 Å². The van der Waals surface area contributed by atoms with Gasteiger partial charge in [0.15, 0.2) is 0 Å². The Kier molecular flexibility index (Phi) is 6.08. The first kappa shape index (κ1) is 20.3. The zero-order chi connectivity index (χ0) is 21.6. The second-order valence-electron chi connectivity index (χ2n) is 7.21. The molecule has 1 N–H and O–H groups in total. The molecule has 3 aromatic carbocycles. The number of nitrogens with zero attached hydrogens (tertiary/aromatic N) is 2. The van der Waals surface area contributed by atoms with E-state index in [1.807, 2.05) is 67.6 Å². The molecule has 6 nitrogen and oxygen atoms in total. The van der Waals surface area contributed by atoms with Crippen LogP contribution in [0.15, 0.2) is 77.2 Å². The highest BCUT2D eigenvalue weighted by Gasteiger charge is 2.12. The molecule has 1 heterocycles. The van der Waals surface area contributed by atoms with Crippen molar-refractivity contribution in [2.24, 2.45) is 0 Å². The van der Waals surface area contributed by atoms with Gasteiger partial charge in [-0.3, -0.25) is 4.79 Å². The minimum atomic E-state index is -0.120. The van der Waals surface area contributed by atoms with Crippen molar-refractivity contribution in [1.29, 1.82) is 0 Å². The lowest BCUT2D eigenvalue weighted by Crippen LogP contribution is -2.25. The summed E-state index contributed by atoms with van der Waals surface area (Å²) in [6.07, 6.45) is 0.748. The molecule has 0 spiro atoms. The third kappa shape index (κ3) is 4.98. The lowest BCUT2D eigenvalue weighted by atomic mass is 10.1. The molecule has 156 valence electrons. The summed E-state index contributed by atoms with van der Waals surface area (Å²) in [4.78, 5) is 12.4. The van der Waals surface area contributed by atoms with Gasteiger partial charge in [-0.25, -0.2) is 0 Å². The Morgan fingerprint density at radius 2 is 1.45 bits per heavy atom. The van der Waals surface area contributed by atoms with E-state index in [4.69, 9.17) is 9.15 Å². The summed E-state index contributed by atoms with van der Waals surface area (Å²) in [7, 11) is 1.64. The summed E-state index contributed by atoms with van der Waals surface area (Å²) >= 11 is 0. The summed E-state index contributed by atoms with van der Waals surface area (Å²) in [5.41, 5.74) is 4.52. The molecule has 1 aromatic heterocycles. The van der Waals surface area contributed by atoms with Gasteiger partial charge in [-0.15, -0.1) is 10.2 Å². The van der Waals surface area contributed by atoms with Crippen LogP contribution in [0.5, 0.6) is 5.75 Å². The summed E-state index contributed by atoms with van der Waals surface area (Å²) in [6, 6.07) is 22.9. The maximum Gasteiger partial charge on any atom is 0.251 e. The molecule has 0 unspecified atom stereocenters. The van der Waals surface area contributed by atoms with Gasteiger partial charge in [-0.2, -0.15) is 0 Å². The first-order chi connectivity index (χ1) is 15.1. The van der Waals surface area contributed by atoms with E-state index >= 15 is 0 Å². The van der Waals surface area contributed by atoms with E-state index in [1.54, 1.807) is 19.2 Å². The van der Waals surface area contributed by atoms with Crippen LogP contribution in [0.4, 0.5) is 0 Å². The number of rotatable bonds is 7. The number of hydrogen-bond acceptors (Lipinski definition) is 5. The number of nitrogens with one attached hydrogen (secondary N) is 1. The van der Waals surface area contributed by atoms with E-state index in [-0.39, 0.29) is 5.91 Å². The molecule has 1 amide bonds. The SMILES string of the molecule is COc1ccc(CCNC(=O)c2ccc(-c3nnc(-c4ccc(C)cc4)o3)cc2)cc1. The Bertz CT molecular complexity index is 1150. The molecule has 0 saturated heterocycles. The monoisotopic (exact) mass is 413 g/mol. The third-order valence-electron chi connectivity index (χ3n) is 4.98. The van der Waals surface area contributed by atoms with Gasteiger partial charge < -0.3 is 14.5 Å². The van der Waals surface area contributed by atoms with Crippen LogP contribution >= 0.6 is 0 Å². The van der Waals surface area contributed by atoms with Crippen LogP contribution in [0.25, 0.3) is 22.9 Å². The van der Waals surface area contributed by atoms with E-state index in [9.17, 15) is 4.79 Å². The fourth-order valence-electron chi connectivity index (χ4n) is 3.13. The topological polar surface area (TPSA) is 77.2 Å². The van der Waals surface area contributed by atoms with Crippen LogP contribution in [0.1, 0.15) is 21.5 Å². The van der Waals surface area contributed by atoms with Gasteiger partial charge >= 0.3 is 0 Å². The number of carbonyl (C=O) groups is 1. The van der Waals surface area contributed by atoms with Crippen molar-refractivity contribution in [3.8, 4) is 28.7 Å². The molecule has 0 saturated carbocycles. The van der Waals surface area contributed by atoms with E-state index < -0.39 is 0 Å². The van der Waals surface area contributed by atoms with Crippen LogP contribution in [-0.2, 0) is 6.42 Å². The highest BCUT2D eigenvalue weighted by molar-refractivity contribution is 5.94. The number of amides is 1. The fourth-order valence-corrected chi connectivity index (χ4v) is 3.13. The quantitative estimate of drug-likeness (QED) is 0.475. The first-order valence-electron chi connectivity index (χ1n) is 10.0. The number of ether oxygens (including phenoxy) is 1. The van der Waals surface area contributed by atoms with Gasteiger partial charge in [0.1, 0.15) is 5.75 Å². The van der Waals surface area contributed by atoms with Gasteiger partial charge in [0.25, 0.3) is 5.91 Å². The smallest absolute Gasteiger partial charge is 0.251 e. The van der Waals surface area contributed by atoms with Crippen molar-refractivity contribution in [3.63, 3.8) is 0 Å². The van der Waals surface area contributed by atoms with Crippen molar-refractivity contribution >= 4 is 5.91 Å². The van der Waals surface area contributed by atoms with Crippen molar-refractivity contribution in [2.45, 2.75) is 13.3 Å². The standard InChI is InChI=1S/C25H23N3O3/c1-17-3-7-20(8-4-17)24-27-28-25(31-24)21-11-9-19(10-12-21)23(29)26-16-15-18-5-13-22(30-2)14-6-18/h3-14H,15-16H2,1-2H3,(H,26,29). The normalized spacial score (nSPS) is 10.6. The van der Waals surface area contributed by atoms with Crippen LogP contribution in [0, 0.1) is 6.92 Å². The molecule has 4 rings (SSSR count). The highest BCUT2D eigenvalue weighted by atomic mass is 16.5. The van der Waals surface area contributed by atoms with Gasteiger partial charge in [0.05, 0.1) is 7.11 Å². The van der Waals surface area contributed by atoms with Gasteiger partial charge in [-0.05, 0) is 67.4 Å². The van der Waals surface area contributed by atoms with Gasteiger partial charge in [0.2, 0.25) is 11.8 Å². The predicted octanol–water partition coefficient (Wildman–Crippen LogP) is 4.69. The van der Waals surface area contributed by atoms with Crippen molar-refractivity contribution in [2.75, 3.05) is 13.7 Å². The molecular weight excluding hydrogens is 390 g/mol. The Hall–Kier alpha value is -3.93. The van der Waals surface area contributed by atoms with E-state index in [2.05, 4.69) is 15.5 Å². The average molecular weight is 413 g/mol. The summed E-state index contributed by atoms with van der Waals surface area (Å²) in [5, 5.41) is 11.2. The Morgan fingerprint density at radius 1 is 0.871 bits per heavy atom. The lowest BCUT2D eigenvalue weighted by molar-refractivity contribution is 0.0954. The molecule has 0 aliphatic rings. The zero-order valence-electron chi connectivity index (χ0n) is 17.5. The lowest BCUT2D eigenvalue weighted by Gasteiger charge is -2.07. The van der Waals surface area contributed by atoms with Crippen molar-refractivity contribution in [1.82, 2.24) is 15.5 Å². The number of methoxy groups -OCH3 is 1. The van der Waals surface area contributed by atoms with E-state index in [0.717, 1.165) is 28.9 Å². The van der Waals surface area contributed by atoms with Crippen LogP contribution in [0.2, 0.25) is 0 Å². The summed E-state index contributed by atoms with van der Waals surface area (Å²) in [6.45, 7) is 2.58. The van der Waals surface area contributed by atoms with Crippen LogP contribution in [0.3, 0.4) is 0 Å². The third-order valence-corrected chi connectivity index (χ3v) is 4.98. The minimum Gasteiger partial charge on any atom is -0.497 e. The van der Waals surface area contributed by atoms with E-state index in [1.165, 1.54) is 5.56 Å². The fraction of sp³-hybridized carbons (Fsp3) is 0.160. The second-order valence-corrected chi connectivity index (χ2v) is 7.21. The molecule has 4 aromatic rings. The zero-order valence-corrected chi connectivity index (χ0v) is 17.5. The molecule has 0 fully saturated rings. The molecule has 0 aliphatic carbocycles. The Balaban J connectivity index is 1.35. The van der Waals surface area contributed by atoms with E-state index in [0.29, 0.717) is 23.9 Å². The molecule has 0 bridgehead atoms. The number of hydrogen-bond donors (Lipinski definition) is 1. The van der Waals surface area contributed by atoms with Crippen molar-refractivity contribution < 1.29 is 13.9 Å². The molecule has 6 heteroatoms. The molecular formula is C25H23N3O3. The second kappa shape index (κ2) is 9.26. The molecule has 0 atom stereocenters. The molecule has 0 aliphatic heterocycles. The summed E-state index contributed by atoms with van der Waals surface area (Å²) in [5.74, 6) is 1.59. The Labute approximate surface area is 180 Å². The minimum absolute atomic E-state index is 0.120. The highest BCUT2D eigenvalue weighted by Crippen LogP contribution is 2.24. The van der Waals surface area contributed by atoms with Crippen molar-refractivity contribution in [3.05, 3.63) is 89.5 Å². The van der Waals surface area contributed by atoms with Gasteiger partial charge in [0, 0.05) is 23.2 Å². The Morgan fingerprint density at radius 3 is 2.03 bits per heavy atom. The molecule has 0 radical (unpaired) electrons.